The van der Waals surface area contributed by atoms with Gasteiger partial charge in [-0.3, -0.25) is 10.6 Å². The standard InChI is InChI=1S/C16H23N3O/c1-11-7-8-13(14(10-11)18-17)16(20)19-9-3-5-12-4-2-6-15(12)19/h7-8,10,12,15,18H,2-6,9,17H2,1H3. The van der Waals surface area contributed by atoms with E-state index in [1.807, 2.05) is 25.1 Å². The third kappa shape index (κ3) is 2.29. The Hall–Kier alpha value is -1.55. The first kappa shape index (κ1) is 13.4. The van der Waals surface area contributed by atoms with E-state index in [1.54, 1.807) is 0 Å². The van der Waals surface area contributed by atoms with Crippen LogP contribution in [0.5, 0.6) is 0 Å². The number of amides is 1. The molecule has 1 aliphatic heterocycles. The SMILES string of the molecule is Cc1ccc(C(=O)N2CCCC3CCCC32)c(NN)c1. The Morgan fingerprint density at radius 3 is 2.90 bits per heavy atom. The number of carbonyl (C=O) groups excluding carboxylic acids is 1. The number of rotatable bonds is 2. The fraction of sp³-hybridized carbons (Fsp3) is 0.562. The van der Waals surface area contributed by atoms with E-state index in [1.165, 1.54) is 19.3 Å². The van der Waals surface area contributed by atoms with Gasteiger partial charge in [0.1, 0.15) is 0 Å². The molecule has 3 rings (SSSR count). The average molecular weight is 273 g/mol. The highest BCUT2D eigenvalue weighted by atomic mass is 16.2. The van der Waals surface area contributed by atoms with Gasteiger partial charge in [-0.15, -0.1) is 0 Å². The third-order valence-electron chi connectivity index (χ3n) is 4.82. The number of anilines is 1. The molecule has 3 N–H and O–H groups in total. The molecule has 0 bridgehead atoms. The summed E-state index contributed by atoms with van der Waals surface area (Å²) < 4.78 is 0. The van der Waals surface area contributed by atoms with Gasteiger partial charge in [0, 0.05) is 12.6 Å². The van der Waals surface area contributed by atoms with E-state index in [0.29, 0.717) is 17.5 Å². The van der Waals surface area contributed by atoms with Gasteiger partial charge in [0.2, 0.25) is 0 Å². The highest BCUT2D eigenvalue weighted by molar-refractivity contribution is 6.00. The molecule has 1 aliphatic carbocycles. The molecule has 0 aromatic heterocycles. The van der Waals surface area contributed by atoms with E-state index >= 15 is 0 Å². The Kier molecular flexibility index (Phi) is 3.66. The summed E-state index contributed by atoms with van der Waals surface area (Å²) in [7, 11) is 0. The van der Waals surface area contributed by atoms with Crippen LogP contribution in [0.25, 0.3) is 0 Å². The van der Waals surface area contributed by atoms with E-state index in [2.05, 4.69) is 10.3 Å². The molecular weight excluding hydrogens is 250 g/mol. The number of carbonyl (C=O) groups is 1. The predicted octanol–water partition coefficient (Wildman–Crippen LogP) is 2.69. The van der Waals surface area contributed by atoms with Crippen molar-refractivity contribution in [2.24, 2.45) is 11.8 Å². The van der Waals surface area contributed by atoms with E-state index in [4.69, 9.17) is 5.84 Å². The van der Waals surface area contributed by atoms with Gasteiger partial charge in [0.15, 0.2) is 0 Å². The van der Waals surface area contributed by atoms with E-state index in [0.717, 1.165) is 30.6 Å². The number of likely N-dealkylation sites (tertiary alicyclic amines) is 1. The molecule has 0 radical (unpaired) electrons. The third-order valence-corrected chi connectivity index (χ3v) is 4.82. The van der Waals surface area contributed by atoms with E-state index in [9.17, 15) is 4.79 Å². The van der Waals surface area contributed by atoms with Gasteiger partial charge in [0.25, 0.3) is 5.91 Å². The Bertz CT molecular complexity index is 514. The van der Waals surface area contributed by atoms with Gasteiger partial charge in [-0.05, 0) is 56.2 Å². The zero-order chi connectivity index (χ0) is 14.1. The first-order valence-corrected chi connectivity index (χ1v) is 7.59. The normalized spacial score (nSPS) is 25.4. The molecule has 20 heavy (non-hydrogen) atoms. The fourth-order valence-corrected chi connectivity index (χ4v) is 3.82. The number of piperidine rings is 1. The average Bonchev–Trinajstić information content (AvgIpc) is 2.94. The molecule has 0 spiro atoms. The minimum Gasteiger partial charge on any atom is -0.335 e. The van der Waals surface area contributed by atoms with Crippen LogP contribution in [0.2, 0.25) is 0 Å². The molecular formula is C16H23N3O. The van der Waals surface area contributed by atoms with Crippen LogP contribution in [-0.2, 0) is 0 Å². The molecule has 1 amide bonds. The summed E-state index contributed by atoms with van der Waals surface area (Å²) in [6.45, 7) is 2.89. The smallest absolute Gasteiger partial charge is 0.256 e. The maximum absolute atomic E-state index is 12.9. The van der Waals surface area contributed by atoms with Crippen LogP contribution in [0, 0.1) is 12.8 Å². The summed E-state index contributed by atoms with van der Waals surface area (Å²) in [4.78, 5) is 15.0. The number of nitrogens with one attached hydrogen (secondary N) is 1. The molecule has 2 unspecified atom stereocenters. The number of nitrogens with zero attached hydrogens (tertiary/aromatic N) is 1. The highest BCUT2D eigenvalue weighted by Crippen LogP contribution is 2.37. The molecule has 1 saturated carbocycles. The first-order valence-electron chi connectivity index (χ1n) is 7.59. The second-order valence-electron chi connectivity index (χ2n) is 6.09. The van der Waals surface area contributed by atoms with Gasteiger partial charge in [-0.2, -0.15) is 0 Å². The van der Waals surface area contributed by atoms with Crippen molar-refractivity contribution in [3.05, 3.63) is 29.3 Å². The lowest BCUT2D eigenvalue weighted by molar-refractivity contribution is 0.0549. The van der Waals surface area contributed by atoms with Gasteiger partial charge < -0.3 is 10.3 Å². The van der Waals surface area contributed by atoms with Crippen molar-refractivity contribution in [3.63, 3.8) is 0 Å². The van der Waals surface area contributed by atoms with Crippen LogP contribution in [0.15, 0.2) is 18.2 Å². The molecule has 4 heteroatoms. The molecule has 2 atom stereocenters. The minimum atomic E-state index is 0.134. The number of hydrogen-bond donors (Lipinski definition) is 2. The van der Waals surface area contributed by atoms with Gasteiger partial charge in [-0.25, -0.2) is 0 Å². The Labute approximate surface area is 120 Å². The Morgan fingerprint density at radius 2 is 2.10 bits per heavy atom. The minimum absolute atomic E-state index is 0.134. The quantitative estimate of drug-likeness (QED) is 0.643. The monoisotopic (exact) mass is 273 g/mol. The summed E-state index contributed by atoms with van der Waals surface area (Å²) in [5.41, 5.74) is 5.20. The zero-order valence-corrected chi connectivity index (χ0v) is 12.1. The zero-order valence-electron chi connectivity index (χ0n) is 12.1. The van der Waals surface area contributed by atoms with Crippen molar-refractivity contribution in [3.8, 4) is 0 Å². The largest absolute Gasteiger partial charge is 0.335 e. The van der Waals surface area contributed by atoms with Crippen molar-refractivity contribution < 1.29 is 4.79 Å². The van der Waals surface area contributed by atoms with E-state index < -0.39 is 0 Å². The van der Waals surface area contributed by atoms with Crippen molar-refractivity contribution in [2.45, 2.75) is 45.1 Å². The molecule has 1 heterocycles. The van der Waals surface area contributed by atoms with Crippen LogP contribution in [-0.4, -0.2) is 23.4 Å². The molecule has 108 valence electrons. The second kappa shape index (κ2) is 5.44. The number of hydrazine groups is 1. The van der Waals surface area contributed by atoms with Crippen molar-refractivity contribution in [2.75, 3.05) is 12.0 Å². The molecule has 1 saturated heterocycles. The number of nitrogen functional groups attached to an aromatic ring is 1. The molecule has 1 aromatic carbocycles. The molecule has 2 fully saturated rings. The highest BCUT2D eigenvalue weighted by Gasteiger charge is 2.37. The number of aryl methyl sites for hydroxylation is 1. The van der Waals surface area contributed by atoms with Gasteiger partial charge in [-0.1, -0.05) is 12.5 Å². The maximum Gasteiger partial charge on any atom is 0.256 e. The van der Waals surface area contributed by atoms with Crippen molar-refractivity contribution in [1.82, 2.24) is 4.90 Å². The number of benzene rings is 1. The number of nitrogens with two attached hydrogens (primary N) is 1. The van der Waals surface area contributed by atoms with Crippen molar-refractivity contribution in [1.29, 1.82) is 0 Å². The fourth-order valence-electron chi connectivity index (χ4n) is 3.82. The molecule has 1 aromatic rings. The van der Waals surface area contributed by atoms with Gasteiger partial charge >= 0.3 is 0 Å². The van der Waals surface area contributed by atoms with E-state index in [-0.39, 0.29) is 5.91 Å². The van der Waals surface area contributed by atoms with Crippen molar-refractivity contribution >= 4 is 11.6 Å². The lowest BCUT2D eigenvalue weighted by Gasteiger charge is -2.38. The Morgan fingerprint density at radius 1 is 1.30 bits per heavy atom. The Balaban J connectivity index is 1.88. The van der Waals surface area contributed by atoms with Gasteiger partial charge in [0.05, 0.1) is 11.3 Å². The molecule has 2 aliphatic rings. The number of fused-ring (bicyclic) bond motifs is 1. The van der Waals surface area contributed by atoms with Crippen LogP contribution in [0.1, 0.15) is 48.0 Å². The number of hydrogen-bond acceptors (Lipinski definition) is 3. The predicted molar refractivity (Wildman–Crippen MR) is 80.4 cm³/mol. The maximum atomic E-state index is 12.9. The summed E-state index contributed by atoms with van der Waals surface area (Å²) in [5.74, 6) is 6.42. The second-order valence-corrected chi connectivity index (χ2v) is 6.09. The van der Waals surface area contributed by atoms with Crippen LogP contribution in [0.4, 0.5) is 5.69 Å². The lowest BCUT2D eigenvalue weighted by Crippen LogP contribution is -2.46. The lowest BCUT2D eigenvalue weighted by atomic mass is 9.91. The van der Waals surface area contributed by atoms with Crippen LogP contribution < -0.4 is 11.3 Å². The first-order chi connectivity index (χ1) is 9.70. The molecule has 4 nitrogen and oxygen atoms in total. The summed E-state index contributed by atoms with van der Waals surface area (Å²) >= 11 is 0. The summed E-state index contributed by atoms with van der Waals surface area (Å²) in [5, 5.41) is 0. The van der Waals surface area contributed by atoms with Crippen LogP contribution >= 0.6 is 0 Å². The topological polar surface area (TPSA) is 58.4 Å². The summed E-state index contributed by atoms with van der Waals surface area (Å²) in [6, 6.07) is 6.25. The van der Waals surface area contributed by atoms with Crippen LogP contribution in [0.3, 0.4) is 0 Å². The summed E-state index contributed by atoms with van der Waals surface area (Å²) in [6.07, 6.45) is 6.11.